The van der Waals surface area contributed by atoms with Crippen LogP contribution in [0.5, 0.6) is 11.5 Å². The molecule has 6 heteroatoms. The molecule has 2 aromatic rings. The number of carbonyl (C=O) groups is 1. The van der Waals surface area contributed by atoms with Crippen molar-refractivity contribution in [2.24, 2.45) is 0 Å². The Morgan fingerprint density at radius 3 is 2.68 bits per heavy atom. The fourth-order valence-electron chi connectivity index (χ4n) is 2.09. The van der Waals surface area contributed by atoms with E-state index in [2.05, 4.69) is 5.48 Å². The van der Waals surface area contributed by atoms with Gasteiger partial charge in [0.15, 0.2) is 11.5 Å². The van der Waals surface area contributed by atoms with Crippen LogP contribution in [0, 0.1) is 0 Å². The van der Waals surface area contributed by atoms with E-state index in [0.717, 1.165) is 5.56 Å². The van der Waals surface area contributed by atoms with Gasteiger partial charge in [-0.25, -0.2) is 5.48 Å². The Kier molecular flexibility index (Phi) is 7.32. The Bertz CT molecular complexity index is 732. The third-order valence-corrected chi connectivity index (χ3v) is 3.50. The number of carbonyl (C=O) groups excluding carboxylic acids is 1. The first kappa shape index (κ1) is 18.8. The van der Waals surface area contributed by atoms with Crippen molar-refractivity contribution >= 4 is 23.6 Å². The molecule has 0 spiro atoms. The first-order valence-corrected chi connectivity index (χ1v) is 8.16. The summed E-state index contributed by atoms with van der Waals surface area (Å²) in [6.07, 6.45) is 2.97. The van der Waals surface area contributed by atoms with E-state index < -0.39 is 0 Å². The standard InChI is InChI=1S/C19H20ClNO4/c1-3-24-19-16(20)11-15(12-17(19)23-2)9-10-18(22)21-25-13-14-7-5-4-6-8-14/h4-12H,3,13H2,1-2H3,(H,21,22). The lowest BCUT2D eigenvalue weighted by Crippen LogP contribution is -2.21. The minimum Gasteiger partial charge on any atom is -0.493 e. The van der Waals surface area contributed by atoms with Gasteiger partial charge < -0.3 is 9.47 Å². The number of nitrogens with one attached hydrogen (secondary N) is 1. The SMILES string of the molecule is CCOc1c(Cl)cc(C=CC(=O)NOCc2ccccc2)cc1OC. The molecular weight excluding hydrogens is 342 g/mol. The monoisotopic (exact) mass is 361 g/mol. The average molecular weight is 362 g/mol. The molecule has 0 fully saturated rings. The van der Waals surface area contributed by atoms with E-state index in [0.29, 0.717) is 35.3 Å². The van der Waals surface area contributed by atoms with Crippen LogP contribution in [0.2, 0.25) is 5.02 Å². The number of rotatable bonds is 8. The van der Waals surface area contributed by atoms with Crippen molar-refractivity contribution in [3.63, 3.8) is 0 Å². The van der Waals surface area contributed by atoms with Crippen LogP contribution in [0.1, 0.15) is 18.1 Å². The molecule has 2 aromatic carbocycles. The lowest BCUT2D eigenvalue weighted by atomic mass is 10.2. The van der Waals surface area contributed by atoms with Gasteiger partial charge in [-0.15, -0.1) is 0 Å². The van der Waals surface area contributed by atoms with E-state index >= 15 is 0 Å². The third kappa shape index (κ3) is 5.81. The summed E-state index contributed by atoms with van der Waals surface area (Å²) in [6.45, 7) is 2.64. The van der Waals surface area contributed by atoms with Crippen LogP contribution in [0.25, 0.3) is 6.08 Å². The molecule has 0 unspecified atom stereocenters. The summed E-state index contributed by atoms with van der Waals surface area (Å²) in [6, 6.07) is 13.0. The zero-order valence-corrected chi connectivity index (χ0v) is 14.9. The molecule has 0 aliphatic rings. The fourth-order valence-corrected chi connectivity index (χ4v) is 2.36. The Hall–Kier alpha value is -2.50. The van der Waals surface area contributed by atoms with Gasteiger partial charge in [-0.05, 0) is 36.3 Å². The summed E-state index contributed by atoms with van der Waals surface area (Å²) in [5.74, 6) is 0.620. The van der Waals surface area contributed by atoms with E-state index in [4.69, 9.17) is 25.9 Å². The molecule has 0 aliphatic heterocycles. The second-order valence-electron chi connectivity index (χ2n) is 5.04. The molecule has 0 heterocycles. The molecule has 0 aromatic heterocycles. The maximum absolute atomic E-state index is 11.8. The van der Waals surface area contributed by atoms with Gasteiger partial charge >= 0.3 is 0 Å². The second-order valence-corrected chi connectivity index (χ2v) is 5.45. The van der Waals surface area contributed by atoms with E-state index in [1.54, 1.807) is 18.2 Å². The highest BCUT2D eigenvalue weighted by molar-refractivity contribution is 6.32. The van der Waals surface area contributed by atoms with Crippen LogP contribution in [-0.2, 0) is 16.2 Å². The largest absolute Gasteiger partial charge is 0.493 e. The van der Waals surface area contributed by atoms with Crippen LogP contribution >= 0.6 is 11.6 Å². The Balaban J connectivity index is 1.94. The molecule has 25 heavy (non-hydrogen) atoms. The zero-order valence-electron chi connectivity index (χ0n) is 14.1. The van der Waals surface area contributed by atoms with Crippen molar-refractivity contribution < 1.29 is 19.1 Å². The van der Waals surface area contributed by atoms with Gasteiger partial charge in [-0.1, -0.05) is 41.9 Å². The maximum Gasteiger partial charge on any atom is 0.267 e. The van der Waals surface area contributed by atoms with E-state index in [9.17, 15) is 4.79 Å². The Labute approximate surface area is 152 Å². The first-order chi connectivity index (χ1) is 12.1. The summed E-state index contributed by atoms with van der Waals surface area (Å²) in [4.78, 5) is 17.0. The topological polar surface area (TPSA) is 56.8 Å². The Morgan fingerprint density at radius 2 is 2.00 bits per heavy atom. The molecule has 2 rings (SSSR count). The van der Waals surface area contributed by atoms with Crippen LogP contribution in [0.15, 0.2) is 48.5 Å². The van der Waals surface area contributed by atoms with Crippen molar-refractivity contribution in [1.82, 2.24) is 5.48 Å². The highest BCUT2D eigenvalue weighted by Crippen LogP contribution is 2.36. The molecule has 0 saturated heterocycles. The normalized spacial score (nSPS) is 10.7. The number of amides is 1. The van der Waals surface area contributed by atoms with Gasteiger partial charge in [0.2, 0.25) is 0 Å². The number of benzene rings is 2. The number of ether oxygens (including phenoxy) is 2. The number of hydrogen-bond acceptors (Lipinski definition) is 4. The van der Waals surface area contributed by atoms with Crippen LogP contribution in [-0.4, -0.2) is 19.6 Å². The molecular formula is C19H20ClNO4. The van der Waals surface area contributed by atoms with Crippen LogP contribution < -0.4 is 15.0 Å². The minimum atomic E-state index is -0.375. The van der Waals surface area contributed by atoms with Gasteiger partial charge in [0, 0.05) is 6.08 Å². The molecule has 0 saturated carbocycles. The highest BCUT2D eigenvalue weighted by atomic mass is 35.5. The molecule has 0 atom stereocenters. The summed E-state index contributed by atoms with van der Waals surface area (Å²) < 4.78 is 10.7. The van der Waals surface area contributed by atoms with Crippen molar-refractivity contribution in [1.29, 1.82) is 0 Å². The van der Waals surface area contributed by atoms with Crippen molar-refractivity contribution in [2.45, 2.75) is 13.5 Å². The third-order valence-electron chi connectivity index (χ3n) is 3.22. The quantitative estimate of drug-likeness (QED) is 0.570. The molecule has 0 radical (unpaired) electrons. The van der Waals surface area contributed by atoms with E-state index in [1.807, 2.05) is 37.3 Å². The molecule has 132 valence electrons. The fraction of sp³-hybridized carbons (Fsp3) is 0.211. The van der Waals surface area contributed by atoms with E-state index in [-0.39, 0.29) is 5.91 Å². The first-order valence-electron chi connectivity index (χ1n) is 7.78. The molecule has 1 amide bonds. The van der Waals surface area contributed by atoms with Gasteiger partial charge in [-0.3, -0.25) is 9.63 Å². The molecule has 0 bridgehead atoms. The van der Waals surface area contributed by atoms with Gasteiger partial charge in [0.05, 0.1) is 25.3 Å². The number of methoxy groups -OCH3 is 1. The molecule has 1 N–H and O–H groups in total. The lowest BCUT2D eigenvalue weighted by molar-refractivity contribution is -0.129. The smallest absolute Gasteiger partial charge is 0.267 e. The number of hydrogen-bond donors (Lipinski definition) is 1. The molecule has 0 aliphatic carbocycles. The maximum atomic E-state index is 11.8. The summed E-state index contributed by atoms with van der Waals surface area (Å²) in [7, 11) is 1.53. The van der Waals surface area contributed by atoms with E-state index in [1.165, 1.54) is 13.2 Å². The second kappa shape index (κ2) is 9.71. The van der Waals surface area contributed by atoms with Crippen molar-refractivity contribution in [3.8, 4) is 11.5 Å². The zero-order chi connectivity index (χ0) is 18.1. The lowest BCUT2D eigenvalue weighted by Gasteiger charge is -2.11. The van der Waals surface area contributed by atoms with Crippen LogP contribution in [0.4, 0.5) is 0 Å². The highest BCUT2D eigenvalue weighted by Gasteiger charge is 2.10. The van der Waals surface area contributed by atoms with Crippen LogP contribution in [0.3, 0.4) is 0 Å². The van der Waals surface area contributed by atoms with Crippen molar-refractivity contribution in [2.75, 3.05) is 13.7 Å². The molecule has 5 nitrogen and oxygen atoms in total. The predicted octanol–water partition coefficient (Wildman–Crippen LogP) is 4.01. The number of halogens is 1. The minimum absolute atomic E-state index is 0.295. The Morgan fingerprint density at radius 1 is 1.24 bits per heavy atom. The van der Waals surface area contributed by atoms with Gasteiger partial charge in [0.25, 0.3) is 5.91 Å². The van der Waals surface area contributed by atoms with Gasteiger partial charge in [-0.2, -0.15) is 0 Å². The predicted molar refractivity (Wildman–Crippen MR) is 97.6 cm³/mol. The summed E-state index contributed by atoms with van der Waals surface area (Å²) >= 11 is 6.19. The number of hydroxylamine groups is 1. The average Bonchev–Trinajstić information content (AvgIpc) is 2.62. The summed E-state index contributed by atoms with van der Waals surface area (Å²) in [5, 5.41) is 0.418. The van der Waals surface area contributed by atoms with Gasteiger partial charge in [0.1, 0.15) is 0 Å². The van der Waals surface area contributed by atoms with Crippen molar-refractivity contribution in [3.05, 3.63) is 64.7 Å². The summed E-state index contributed by atoms with van der Waals surface area (Å²) in [5.41, 5.74) is 4.04.